The Kier molecular flexibility index (Phi) is 4.42. The number of nitrogens with zero attached hydrogens (tertiary/aromatic N) is 5. The number of hydrogen-bond acceptors (Lipinski definition) is 8. The lowest BCUT2D eigenvalue weighted by atomic mass is 9.75. The zero-order chi connectivity index (χ0) is 29.5. The first-order chi connectivity index (χ1) is 19.3. The number of hydrogen-bond donors (Lipinski definition) is 3. The van der Waals surface area contributed by atoms with E-state index in [2.05, 4.69) is 31.7 Å². The fraction of sp³-hybridized carbons (Fsp3) is 0.370. The van der Waals surface area contributed by atoms with Crippen molar-refractivity contribution in [1.29, 1.82) is 5.26 Å². The number of fused-ring (bicyclic) bond motifs is 2. The number of aryl methyl sites for hydroxylation is 1. The Morgan fingerprint density at radius 3 is 2.87 bits per heavy atom. The van der Waals surface area contributed by atoms with Crippen molar-refractivity contribution >= 4 is 16.6 Å². The van der Waals surface area contributed by atoms with Crippen LogP contribution in [0.2, 0.25) is 0 Å². The number of nitrogens with one attached hydrogen (secondary N) is 2. The summed E-state index contributed by atoms with van der Waals surface area (Å²) < 4.78 is 47.1. The molecule has 1 saturated carbocycles. The summed E-state index contributed by atoms with van der Waals surface area (Å²) in [5, 5.41) is 23.6. The number of nitrogens with two attached hydrogens (primary N) is 1. The maximum absolute atomic E-state index is 16.1. The van der Waals surface area contributed by atoms with Gasteiger partial charge in [-0.05, 0) is 36.8 Å². The van der Waals surface area contributed by atoms with E-state index in [0.29, 0.717) is 22.6 Å². The van der Waals surface area contributed by atoms with Crippen LogP contribution in [0.1, 0.15) is 54.0 Å². The fourth-order valence-electron chi connectivity index (χ4n) is 5.69. The van der Waals surface area contributed by atoms with Crippen LogP contribution in [0.5, 0.6) is 5.75 Å². The summed E-state index contributed by atoms with van der Waals surface area (Å²) in [6.45, 7) is 1.30. The summed E-state index contributed by atoms with van der Waals surface area (Å²) >= 11 is 0. The zero-order valence-corrected chi connectivity index (χ0v) is 21.1. The smallest absolute Gasteiger partial charge is 0.275 e. The molecule has 194 valence electrons. The lowest BCUT2D eigenvalue weighted by Gasteiger charge is -2.39. The SMILES string of the molecule is [2H]C([2H])([2H])Nc1nc(-c2cnn(C)c2-c2c(F)cc3c(c2C#N)OC2(CC2)CC3(C)C)cc2c(CN)n[nH]c(=O)c12. The number of nitriles is 1. The number of rotatable bonds is 4. The quantitative estimate of drug-likeness (QED) is 0.373. The van der Waals surface area contributed by atoms with Crippen LogP contribution in [-0.2, 0) is 19.0 Å². The van der Waals surface area contributed by atoms with Crippen molar-refractivity contribution in [3.05, 3.63) is 51.3 Å². The van der Waals surface area contributed by atoms with Gasteiger partial charge in [0.2, 0.25) is 0 Å². The molecule has 4 aromatic rings. The molecule has 0 radical (unpaired) electrons. The number of pyridine rings is 1. The highest BCUT2D eigenvalue weighted by Gasteiger charge is 2.54. The Morgan fingerprint density at radius 2 is 2.18 bits per heavy atom. The first kappa shape index (κ1) is 20.7. The molecule has 11 heteroatoms. The van der Waals surface area contributed by atoms with Crippen molar-refractivity contribution in [2.24, 2.45) is 12.8 Å². The molecule has 0 unspecified atom stereocenters. The second-order valence-electron chi connectivity index (χ2n) is 10.6. The van der Waals surface area contributed by atoms with E-state index in [9.17, 15) is 10.1 Å². The molecular weight excluding hydrogens is 487 g/mol. The molecule has 0 amide bonds. The first-order valence-electron chi connectivity index (χ1n) is 13.7. The number of halogens is 1. The van der Waals surface area contributed by atoms with Crippen LogP contribution in [0.25, 0.3) is 33.3 Å². The van der Waals surface area contributed by atoms with Crippen LogP contribution in [0.3, 0.4) is 0 Å². The van der Waals surface area contributed by atoms with Crippen molar-refractivity contribution in [2.45, 2.75) is 50.7 Å². The molecule has 6 rings (SSSR count). The summed E-state index contributed by atoms with van der Waals surface area (Å²) in [6, 6.07) is 5.13. The molecule has 1 aliphatic carbocycles. The highest BCUT2D eigenvalue weighted by molar-refractivity contribution is 5.96. The molecule has 0 atom stereocenters. The predicted molar refractivity (Wildman–Crippen MR) is 140 cm³/mol. The van der Waals surface area contributed by atoms with Crippen LogP contribution in [0.4, 0.5) is 10.2 Å². The lowest BCUT2D eigenvalue weighted by molar-refractivity contribution is 0.112. The van der Waals surface area contributed by atoms with Crippen LogP contribution in [0.15, 0.2) is 23.1 Å². The van der Waals surface area contributed by atoms with Crippen LogP contribution in [0, 0.1) is 17.1 Å². The average Bonchev–Trinajstić information content (AvgIpc) is 3.51. The maximum Gasteiger partial charge on any atom is 0.275 e. The van der Waals surface area contributed by atoms with Gasteiger partial charge in [-0.3, -0.25) is 9.48 Å². The number of H-pyrrole nitrogens is 1. The molecule has 4 N–H and O–H groups in total. The van der Waals surface area contributed by atoms with Gasteiger partial charge in [0.05, 0.1) is 34.2 Å². The average molecular weight is 518 g/mol. The third kappa shape index (κ3) is 3.40. The number of ether oxygens (including phenoxy) is 1. The minimum atomic E-state index is -2.68. The van der Waals surface area contributed by atoms with Gasteiger partial charge >= 0.3 is 0 Å². The molecule has 38 heavy (non-hydrogen) atoms. The van der Waals surface area contributed by atoms with Crippen molar-refractivity contribution < 1.29 is 13.2 Å². The highest BCUT2D eigenvalue weighted by Crippen LogP contribution is 2.57. The third-order valence-electron chi connectivity index (χ3n) is 7.58. The van der Waals surface area contributed by atoms with E-state index in [4.69, 9.17) is 14.6 Å². The molecule has 3 aromatic heterocycles. The van der Waals surface area contributed by atoms with E-state index < -0.39 is 23.8 Å². The van der Waals surface area contributed by atoms with Gasteiger partial charge in [0.1, 0.15) is 34.6 Å². The van der Waals surface area contributed by atoms with Gasteiger partial charge in [-0.2, -0.15) is 15.5 Å². The number of aromatic nitrogens is 5. The summed E-state index contributed by atoms with van der Waals surface area (Å²) in [5.74, 6) is -0.490. The largest absolute Gasteiger partial charge is 0.486 e. The monoisotopic (exact) mass is 517 g/mol. The van der Waals surface area contributed by atoms with Crippen molar-refractivity contribution in [3.8, 4) is 34.3 Å². The molecule has 4 heterocycles. The van der Waals surface area contributed by atoms with Gasteiger partial charge in [0.15, 0.2) is 0 Å². The van der Waals surface area contributed by atoms with E-state index in [1.54, 1.807) is 7.05 Å². The Hall–Kier alpha value is -4.30. The van der Waals surface area contributed by atoms with E-state index in [1.165, 1.54) is 23.0 Å². The number of anilines is 1. The van der Waals surface area contributed by atoms with Gasteiger partial charge in [-0.15, -0.1) is 0 Å². The van der Waals surface area contributed by atoms with E-state index >= 15 is 4.39 Å². The van der Waals surface area contributed by atoms with E-state index in [1.807, 2.05) is 13.8 Å². The van der Waals surface area contributed by atoms with E-state index in [-0.39, 0.29) is 51.3 Å². The predicted octanol–water partition coefficient (Wildman–Crippen LogP) is 3.49. The van der Waals surface area contributed by atoms with E-state index in [0.717, 1.165) is 19.3 Å². The number of benzene rings is 1. The van der Waals surface area contributed by atoms with Crippen molar-refractivity contribution in [3.63, 3.8) is 0 Å². The molecule has 2 aliphatic rings. The van der Waals surface area contributed by atoms with Gasteiger partial charge in [-0.25, -0.2) is 14.5 Å². The van der Waals surface area contributed by atoms with Crippen molar-refractivity contribution in [2.75, 3.05) is 12.3 Å². The first-order valence-corrected chi connectivity index (χ1v) is 12.2. The van der Waals surface area contributed by atoms with Crippen LogP contribution in [-0.4, -0.2) is 37.5 Å². The topological polar surface area (TPSA) is 148 Å². The zero-order valence-electron chi connectivity index (χ0n) is 24.1. The Balaban J connectivity index is 1.63. The maximum atomic E-state index is 16.1. The Labute approximate surface area is 221 Å². The van der Waals surface area contributed by atoms with Crippen LogP contribution < -0.4 is 21.3 Å². The fourth-order valence-corrected chi connectivity index (χ4v) is 5.69. The minimum absolute atomic E-state index is 0.00920. The van der Waals surface area contributed by atoms with Crippen LogP contribution >= 0.6 is 0 Å². The van der Waals surface area contributed by atoms with Gasteiger partial charge in [0.25, 0.3) is 5.56 Å². The Bertz CT molecular complexity index is 1850. The van der Waals surface area contributed by atoms with Gasteiger partial charge in [-0.1, -0.05) is 13.8 Å². The molecule has 10 nitrogen and oxygen atoms in total. The summed E-state index contributed by atoms with van der Waals surface area (Å²) in [6.07, 6.45) is 3.89. The molecule has 1 aromatic carbocycles. The molecule has 1 fully saturated rings. The van der Waals surface area contributed by atoms with Gasteiger partial charge < -0.3 is 15.8 Å². The van der Waals surface area contributed by atoms with Gasteiger partial charge in [0, 0.05) is 41.2 Å². The minimum Gasteiger partial charge on any atom is -0.486 e. The molecule has 1 aliphatic heterocycles. The van der Waals surface area contributed by atoms with Crippen molar-refractivity contribution in [1.82, 2.24) is 25.0 Å². The standard InChI is InChI=1S/C27H27FN8O2/c1-26(2)12-27(5-6-27)38-23-14(9-29)20(17(28)8-16(23)26)22-15(11-32-36(22)4)18-7-13-19(10-30)34-35-25(37)21(13)24(31-3)33-18/h7-8,11H,5-6,10,12,30H2,1-4H3,(H,31,33)(H,35,37)/i3D3. The Morgan fingerprint density at radius 1 is 1.39 bits per heavy atom. The lowest BCUT2D eigenvalue weighted by Crippen LogP contribution is -2.36. The molecule has 1 spiro atoms. The second-order valence-corrected chi connectivity index (χ2v) is 10.6. The second kappa shape index (κ2) is 8.10. The number of aromatic amines is 1. The third-order valence-corrected chi connectivity index (χ3v) is 7.58. The molecular formula is C27H27FN8O2. The summed E-state index contributed by atoms with van der Waals surface area (Å²) in [5.41, 5.74) is 6.13. The normalized spacial score (nSPS) is 18.2. The molecule has 0 bridgehead atoms. The highest BCUT2D eigenvalue weighted by atomic mass is 19.1. The summed E-state index contributed by atoms with van der Waals surface area (Å²) in [7, 11) is 1.60. The summed E-state index contributed by atoms with van der Waals surface area (Å²) in [4.78, 5) is 17.2. The molecule has 0 saturated heterocycles.